The first-order chi connectivity index (χ1) is 8.97. The third-order valence-electron chi connectivity index (χ3n) is 6.32. The van der Waals surface area contributed by atoms with Gasteiger partial charge in [-0.15, -0.1) is 0 Å². The van der Waals surface area contributed by atoms with Gasteiger partial charge in [0.2, 0.25) is 5.91 Å². The lowest BCUT2D eigenvalue weighted by Gasteiger charge is -2.60. The van der Waals surface area contributed by atoms with Crippen molar-refractivity contribution in [2.24, 2.45) is 22.7 Å². The molecule has 5 fully saturated rings. The van der Waals surface area contributed by atoms with Crippen LogP contribution in [0.2, 0.25) is 0 Å². The molecule has 5 saturated carbocycles. The van der Waals surface area contributed by atoms with Gasteiger partial charge in [0.1, 0.15) is 0 Å². The van der Waals surface area contributed by atoms with Gasteiger partial charge in [0.05, 0.1) is 5.41 Å². The third kappa shape index (κ3) is 1.91. The molecule has 4 bridgehead atoms. The lowest BCUT2D eigenvalue weighted by molar-refractivity contribution is -0.156. The zero-order valence-electron chi connectivity index (χ0n) is 11.8. The Kier molecular flexibility index (Phi) is 2.52. The van der Waals surface area contributed by atoms with Crippen molar-refractivity contribution in [1.29, 1.82) is 0 Å². The van der Waals surface area contributed by atoms with E-state index in [2.05, 4.69) is 28.2 Å². The monoisotopic (exact) mass is 325 g/mol. The normalized spacial score (nSPS) is 49.2. The second-order valence-electron chi connectivity index (χ2n) is 8.42. The molecular weight excluding hydrogens is 302 g/mol. The molecule has 3 heteroatoms. The molecule has 0 spiro atoms. The fourth-order valence-corrected chi connectivity index (χ4v) is 6.50. The van der Waals surface area contributed by atoms with Crippen molar-refractivity contribution in [3.63, 3.8) is 0 Å². The Hall–Kier alpha value is -0.0500. The summed E-state index contributed by atoms with van der Waals surface area (Å²) in [6.45, 7) is 2.43. The van der Waals surface area contributed by atoms with E-state index in [4.69, 9.17) is 0 Å². The zero-order valence-corrected chi connectivity index (χ0v) is 13.4. The first-order valence-corrected chi connectivity index (χ1v) is 8.97. The van der Waals surface area contributed by atoms with Gasteiger partial charge in [-0.1, -0.05) is 22.9 Å². The molecule has 5 aliphatic carbocycles. The Labute approximate surface area is 124 Å². The first-order valence-electron chi connectivity index (χ1n) is 7.85. The second kappa shape index (κ2) is 3.78. The van der Waals surface area contributed by atoms with Crippen LogP contribution in [0.4, 0.5) is 0 Å². The summed E-state index contributed by atoms with van der Waals surface area (Å²) in [4.78, 5) is 12.9. The van der Waals surface area contributed by atoms with E-state index in [1.165, 1.54) is 32.1 Å². The summed E-state index contributed by atoms with van der Waals surface area (Å²) in [6, 6.07) is 0. The molecule has 0 saturated heterocycles. The van der Waals surface area contributed by atoms with E-state index in [0.717, 1.165) is 36.4 Å². The van der Waals surface area contributed by atoms with Crippen LogP contribution < -0.4 is 5.32 Å². The smallest absolute Gasteiger partial charge is 0.226 e. The molecule has 1 N–H and O–H groups in total. The maximum absolute atomic E-state index is 12.9. The van der Waals surface area contributed by atoms with Gasteiger partial charge < -0.3 is 5.32 Å². The second-order valence-corrected chi connectivity index (χ2v) is 8.98. The summed E-state index contributed by atoms with van der Waals surface area (Å²) in [6.07, 6.45) is 9.95. The minimum atomic E-state index is -0.00338. The number of nitrogens with one attached hydrogen (secondary N) is 1. The molecular formula is C16H24BrNO. The molecule has 0 aromatic heterocycles. The van der Waals surface area contributed by atoms with E-state index in [9.17, 15) is 4.79 Å². The predicted molar refractivity (Wildman–Crippen MR) is 79.1 cm³/mol. The summed E-state index contributed by atoms with van der Waals surface area (Å²) in [5.41, 5.74) is 0.574. The number of hydrogen-bond acceptors (Lipinski definition) is 1. The maximum Gasteiger partial charge on any atom is 0.226 e. The molecule has 0 aliphatic heterocycles. The van der Waals surface area contributed by atoms with Gasteiger partial charge in [0.25, 0.3) is 0 Å². The topological polar surface area (TPSA) is 29.1 Å². The molecule has 2 unspecified atom stereocenters. The summed E-state index contributed by atoms with van der Waals surface area (Å²) in [7, 11) is 0. The van der Waals surface area contributed by atoms with Crippen molar-refractivity contribution in [3.8, 4) is 0 Å². The Morgan fingerprint density at radius 1 is 1.21 bits per heavy atom. The van der Waals surface area contributed by atoms with Gasteiger partial charge in [-0.3, -0.25) is 4.79 Å². The summed E-state index contributed by atoms with van der Waals surface area (Å²) >= 11 is 3.57. The van der Waals surface area contributed by atoms with Crippen LogP contribution in [0.15, 0.2) is 0 Å². The SMILES string of the molecule is CC12CC3CC(C1)CC(C(=O)NC1(CBr)CC1)(C3)C2. The number of amides is 1. The van der Waals surface area contributed by atoms with Crippen LogP contribution in [-0.2, 0) is 4.79 Å². The lowest BCUT2D eigenvalue weighted by atomic mass is 9.44. The molecule has 0 aromatic rings. The van der Waals surface area contributed by atoms with E-state index in [0.29, 0.717) is 11.3 Å². The van der Waals surface area contributed by atoms with Gasteiger partial charge in [-0.25, -0.2) is 0 Å². The predicted octanol–water partition coefficient (Wildman–Crippen LogP) is 3.64. The Bertz CT molecular complexity index is 414. The van der Waals surface area contributed by atoms with Crippen molar-refractivity contribution in [2.45, 2.75) is 63.8 Å². The summed E-state index contributed by atoms with van der Waals surface area (Å²) in [5.74, 6) is 2.05. The van der Waals surface area contributed by atoms with Crippen LogP contribution >= 0.6 is 15.9 Å². The minimum absolute atomic E-state index is 0.00338. The molecule has 5 aliphatic rings. The van der Waals surface area contributed by atoms with Crippen LogP contribution in [0, 0.1) is 22.7 Å². The van der Waals surface area contributed by atoms with Crippen LogP contribution in [0.3, 0.4) is 0 Å². The van der Waals surface area contributed by atoms with E-state index < -0.39 is 0 Å². The van der Waals surface area contributed by atoms with Gasteiger partial charge in [-0.05, 0) is 68.6 Å². The summed E-state index contributed by atoms with van der Waals surface area (Å²) < 4.78 is 0. The summed E-state index contributed by atoms with van der Waals surface area (Å²) in [5, 5.41) is 4.33. The lowest BCUT2D eigenvalue weighted by Crippen LogP contribution is -2.58. The number of carbonyl (C=O) groups is 1. The standard InChI is InChI=1S/C16H24BrNO/c1-14-5-11-4-12(6-14)8-15(7-11,9-14)13(19)18-16(10-17)2-3-16/h11-12H,2-10H2,1H3,(H,18,19). The van der Waals surface area contributed by atoms with E-state index >= 15 is 0 Å². The van der Waals surface area contributed by atoms with Crippen LogP contribution in [-0.4, -0.2) is 16.8 Å². The van der Waals surface area contributed by atoms with Crippen molar-refractivity contribution >= 4 is 21.8 Å². The van der Waals surface area contributed by atoms with Crippen LogP contribution in [0.1, 0.15) is 58.3 Å². The van der Waals surface area contributed by atoms with Crippen molar-refractivity contribution in [1.82, 2.24) is 5.32 Å². The highest BCUT2D eigenvalue weighted by atomic mass is 79.9. The van der Waals surface area contributed by atoms with Crippen molar-refractivity contribution < 1.29 is 4.79 Å². The average molecular weight is 326 g/mol. The fraction of sp³-hybridized carbons (Fsp3) is 0.938. The number of alkyl halides is 1. The third-order valence-corrected chi connectivity index (χ3v) is 7.40. The van der Waals surface area contributed by atoms with Crippen molar-refractivity contribution in [2.75, 3.05) is 5.33 Å². The largest absolute Gasteiger partial charge is 0.349 e. The van der Waals surface area contributed by atoms with Crippen LogP contribution in [0.5, 0.6) is 0 Å². The zero-order chi connectivity index (χ0) is 13.3. The van der Waals surface area contributed by atoms with Crippen LogP contribution in [0.25, 0.3) is 0 Å². The molecule has 0 aromatic carbocycles. The van der Waals surface area contributed by atoms with E-state index in [1.54, 1.807) is 0 Å². The number of halogens is 1. The van der Waals surface area contributed by atoms with Crippen molar-refractivity contribution in [3.05, 3.63) is 0 Å². The molecule has 5 rings (SSSR count). The highest BCUT2D eigenvalue weighted by Gasteiger charge is 2.60. The first kappa shape index (κ1) is 12.7. The molecule has 1 amide bonds. The number of hydrogen-bond donors (Lipinski definition) is 1. The van der Waals surface area contributed by atoms with Gasteiger partial charge in [0.15, 0.2) is 0 Å². The Morgan fingerprint density at radius 2 is 1.84 bits per heavy atom. The van der Waals surface area contributed by atoms with Gasteiger partial charge in [-0.2, -0.15) is 0 Å². The fourth-order valence-electron chi connectivity index (χ4n) is 5.80. The van der Waals surface area contributed by atoms with Gasteiger partial charge >= 0.3 is 0 Å². The number of rotatable bonds is 3. The number of carbonyl (C=O) groups excluding carboxylic acids is 1. The maximum atomic E-state index is 12.9. The Morgan fingerprint density at radius 3 is 2.32 bits per heavy atom. The quantitative estimate of drug-likeness (QED) is 0.788. The molecule has 0 heterocycles. The highest BCUT2D eigenvalue weighted by Crippen LogP contribution is 2.65. The molecule has 106 valence electrons. The van der Waals surface area contributed by atoms with E-state index in [1.807, 2.05) is 0 Å². The molecule has 0 radical (unpaired) electrons. The minimum Gasteiger partial charge on any atom is -0.349 e. The average Bonchev–Trinajstić information content (AvgIpc) is 3.06. The Balaban J connectivity index is 1.58. The van der Waals surface area contributed by atoms with E-state index in [-0.39, 0.29) is 11.0 Å². The molecule has 19 heavy (non-hydrogen) atoms. The van der Waals surface area contributed by atoms with Gasteiger partial charge in [0, 0.05) is 10.9 Å². The highest BCUT2D eigenvalue weighted by molar-refractivity contribution is 9.09. The molecule has 2 atom stereocenters. The molecule has 2 nitrogen and oxygen atoms in total.